The van der Waals surface area contributed by atoms with Gasteiger partial charge in [0.2, 0.25) is 0 Å². The van der Waals surface area contributed by atoms with Gasteiger partial charge in [-0.25, -0.2) is 0 Å². The van der Waals surface area contributed by atoms with Gasteiger partial charge in [-0.15, -0.1) is 0 Å². The van der Waals surface area contributed by atoms with Crippen LogP contribution in [0.2, 0.25) is 0 Å². The van der Waals surface area contributed by atoms with Crippen LogP contribution in [0.25, 0.3) is 0 Å². The van der Waals surface area contributed by atoms with Crippen LogP contribution in [0.15, 0.2) is 24.3 Å². The molecule has 0 aromatic heterocycles. The molecule has 1 aromatic carbocycles. The van der Waals surface area contributed by atoms with Crippen molar-refractivity contribution in [3.63, 3.8) is 0 Å². The summed E-state index contributed by atoms with van der Waals surface area (Å²) in [6, 6.07) is 7.28. The van der Waals surface area contributed by atoms with Gasteiger partial charge in [0.05, 0.1) is 7.11 Å². The molecule has 1 heterocycles. The Hall–Kier alpha value is -1.75. The minimum atomic E-state index is -0.515. The van der Waals surface area contributed by atoms with Crippen LogP contribution >= 0.6 is 0 Å². The number of ether oxygens (including phenoxy) is 2. The van der Waals surface area contributed by atoms with Crippen molar-refractivity contribution >= 4 is 5.91 Å². The number of hydrogen-bond acceptors (Lipinski definition) is 4. The molecule has 1 aliphatic heterocycles. The fraction of sp³-hybridized carbons (Fsp3) is 0.588. The second-order valence-electron chi connectivity index (χ2n) is 5.63. The maximum Gasteiger partial charge on any atom is 0.260 e. The van der Waals surface area contributed by atoms with Crippen LogP contribution < -0.4 is 14.8 Å². The maximum absolute atomic E-state index is 12.0. The number of carbonyl (C=O) groups excluding carboxylic acids is 1. The van der Waals surface area contributed by atoms with Crippen LogP contribution in [-0.4, -0.2) is 50.2 Å². The molecule has 0 radical (unpaired) electrons. The predicted octanol–water partition coefficient (Wildman–Crippen LogP) is 2.06. The van der Waals surface area contributed by atoms with Gasteiger partial charge in [0.15, 0.2) is 6.10 Å². The first-order chi connectivity index (χ1) is 10.7. The second kappa shape index (κ2) is 8.63. The fourth-order valence-electron chi connectivity index (χ4n) is 2.60. The molecule has 0 unspecified atom stereocenters. The summed E-state index contributed by atoms with van der Waals surface area (Å²) in [4.78, 5) is 14.5. The van der Waals surface area contributed by atoms with E-state index in [1.165, 1.54) is 25.9 Å². The Morgan fingerprint density at radius 3 is 2.77 bits per heavy atom. The van der Waals surface area contributed by atoms with Crippen LogP contribution in [-0.2, 0) is 4.79 Å². The van der Waals surface area contributed by atoms with Crippen molar-refractivity contribution in [2.45, 2.75) is 32.3 Å². The molecule has 1 aromatic rings. The summed E-state index contributed by atoms with van der Waals surface area (Å²) in [5.74, 6) is 1.28. The second-order valence-corrected chi connectivity index (χ2v) is 5.63. The number of amides is 1. The quantitative estimate of drug-likeness (QED) is 0.747. The minimum Gasteiger partial charge on any atom is -0.497 e. The highest BCUT2D eigenvalue weighted by Crippen LogP contribution is 2.19. The summed E-state index contributed by atoms with van der Waals surface area (Å²) in [6.07, 6.45) is 3.08. The van der Waals surface area contributed by atoms with Crippen molar-refractivity contribution in [3.8, 4) is 11.5 Å². The molecule has 2 rings (SSSR count). The Kier molecular flexibility index (Phi) is 6.52. The first-order valence-electron chi connectivity index (χ1n) is 8.00. The lowest BCUT2D eigenvalue weighted by molar-refractivity contribution is -0.127. The first-order valence-corrected chi connectivity index (χ1v) is 8.00. The summed E-state index contributed by atoms with van der Waals surface area (Å²) in [5.41, 5.74) is 0. The third kappa shape index (κ3) is 5.22. The molecule has 0 aliphatic carbocycles. The minimum absolute atomic E-state index is 0.0794. The predicted molar refractivity (Wildman–Crippen MR) is 86.4 cm³/mol. The lowest BCUT2D eigenvalue weighted by atomic mass is 10.3. The number of likely N-dealkylation sites (tertiary alicyclic amines) is 1. The number of rotatable bonds is 8. The van der Waals surface area contributed by atoms with E-state index < -0.39 is 6.10 Å². The van der Waals surface area contributed by atoms with Crippen molar-refractivity contribution in [1.29, 1.82) is 0 Å². The normalized spacial score (nSPS) is 16.3. The summed E-state index contributed by atoms with van der Waals surface area (Å²) in [6.45, 7) is 5.91. The Balaban J connectivity index is 1.67. The van der Waals surface area contributed by atoms with Crippen molar-refractivity contribution in [3.05, 3.63) is 24.3 Å². The Morgan fingerprint density at radius 2 is 2.05 bits per heavy atom. The van der Waals surface area contributed by atoms with E-state index in [4.69, 9.17) is 9.47 Å². The van der Waals surface area contributed by atoms with E-state index >= 15 is 0 Å². The number of carbonyl (C=O) groups is 1. The van der Waals surface area contributed by atoms with E-state index in [2.05, 4.69) is 10.2 Å². The van der Waals surface area contributed by atoms with Gasteiger partial charge in [-0.2, -0.15) is 0 Å². The highest BCUT2D eigenvalue weighted by atomic mass is 16.5. The molecule has 0 bridgehead atoms. The van der Waals surface area contributed by atoms with Crippen molar-refractivity contribution in [2.24, 2.45) is 0 Å². The topological polar surface area (TPSA) is 50.8 Å². The van der Waals surface area contributed by atoms with E-state index in [9.17, 15) is 4.79 Å². The summed E-state index contributed by atoms with van der Waals surface area (Å²) in [7, 11) is 1.61. The average molecular weight is 306 g/mol. The lowest BCUT2D eigenvalue weighted by Crippen LogP contribution is -2.37. The van der Waals surface area contributed by atoms with Crippen LogP contribution in [0.1, 0.15) is 26.2 Å². The first kappa shape index (κ1) is 16.6. The summed E-state index contributed by atoms with van der Waals surface area (Å²) >= 11 is 0. The zero-order valence-corrected chi connectivity index (χ0v) is 13.5. The zero-order chi connectivity index (χ0) is 15.8. The Morgan fingerprint density at radius 1 is 1.32 bits per heavy atom. The Bertz CT molecular complexity index is 473. The third-order valence-corrected chi connectivity index (χ3v) is 3.87. The molecule has 1 atom stereocenters. The van der Waals surface area contributed by atoms with E-state index in [1.54, 1.807) is 20.1 Å². The van der Waals surface area contributed by atoms with Gasteiger partial charge in [-0.1, -0.05) is 6.07 Å². The van der Waals surface area contributed by atoms with Crippen LogP contribution in [0.3, 0.4) is 0 Å². The number of hydrogen-bond donors (Lipinski definition) is 1. The molecule has 5 heteroatoms. The molecule has 1 aliphatic rings. The van der Waals surface area contributed by atoms with Gasteiger partial charge in [-0.3, -0.25) is 4.79 Å². The number of benzene rings is 1. The van der Waals surface area contributed by atoms with Crippen molar-refractivity contribution in [1.82, 2.24) is 10.2 Å². The molecular formula is C17H26N2O3. The van der Waals surface area contributed by atoms with E-state index in [0.29, 0.717) is 12.3 Å². The largest absolute Gasteiger partial charge is 0.497 e. The molecule has 0 spiro atoms. The number of nitrogens with one attached hydrogen (secondary N) is 1. The molecule has 1 amide bonds. The molecule has 1 N–H and O–H groups in total. The number of nitrogens with zero attached hydrogens (tertiary/aromatic N) is 1. The molecule has 0 saturated carbocycles. The molecular weight excluding hydrogens is 280 g/mol. The SMILES string of the molecule is COc1cccc(O[C@H](C)C(=O)NCCCN2CCCC2)c1. The van der Waals surface area contributed by atoms with E-state index in [-0.39, 0.29) is 5.91 Å². The molecule has 1 fully saturated rings. The molecule has 1 saturated heterocycles. The van der Waals surface area contributed by atoms with Crippen molar-refractivity contribution < 1.29 is 14.3 Å². The van der Waals surface area contributed by atoms with Gasteiger partial charge in [0, 0.05) is 12.6 Å². The third-order valence-electron chi connectivity index (χ3n) is 3.87. The van der Waals surface area contributed by atoms with Crippen molar-refractivity contribution in [2.75, 3.05) is 33.3 Å². The average Bonchev–Trinajstić information content (AvgIpc) is 3.04. The smallest absolute Gasteiger partial charge is 0.260 e. The van der Waals surface area contributed by atoms with Gasteiger partial charge < -0.3 is 19.7 Å². The van der Waals surface area contributed by atoms with E-state index in [1.807, 2.05) is 18.2 Å². The zero-order valence-electron chi connectivity index (χ0n) is 13.5. The lowest BCUT2D eigenvalue weighted by Gasteiger charge is -2.17. The molecule has 22 heavy (non-hydrogen) atoms. The maximum atomic E-state index is 12.0. The number of methoxy groups -OCH3 is 1. The fourth-order valence-corrected chi connectivity index (χ4v) is 2.60. The van der Waals surface area contributed by atoms with E-state index in [0.717, 1.165) is 18.7 Å². The van der Waals surface area contributed by atoms with Gasteiger partial charge in [0.25, 0.3) is 5.91 Å². The van der Waals surface area contributed by atoms with Crippen LogP contribution in [0.5, 0.6) is 11.5 Å². The van der Waals surface area contributed by atoms with Gasteiger partial charge in [0.1, 0.15) is 11.5 Å². The highest BCUT2D eigenvalue weighted by molar-refractivity contribution is 5.80. The standard InChI is InChI=1S/C17H26N2O3/c1-14(22-16-8-5-7-15(13-16)21-2)17(20)18-9-6-12-19-10-3-4-11-19/h5,7-8,13-14H,3-4,6,9-12H2,1-2H3,(H,18,20)/t14-/m1/s1. The molecule has 122 valence electrons. The summed E-state index contributed by atoms with van der Waals surface area (Å²) in [5, 5.41) is 2.93. The van der Waals surface area contributed by atoms with Crippen LogP contribution in [0, 0.1) is 0 Å². The van der Waals surface area contributed by atoms with Crippen LogP contribution in [0.4, 0.5) is 0 Å². The van der Waals surface area contributed by atoms with Gasteiger partial charge >= 0.3 is 0 Å². The highest BCUT2D eigenvalue weighted by Gasteiger charge is 2.15. The Labute approximate surface area is 132 Å². The van der Waals surface area contributed by atoms with Gasteiger partial charge in [-0.05, 0) is 58.0 Å². The molecule has 5 nitrogen and oxygen atoms in total. The summed E-state index contributed by atoms with van der Waals surface area (Å²) < 4.78 is 10.8. The monoisotopic (exact) mass is 306 g/mol.